The summed E-state index contributed by atoms with van der Waals surface area (Å²) in [5.41, 5.74) is 2.23. The molecule has 1 atom stereocenters. The fourth-order valence-corrected chi connectivity index (χ4v) is 4.65. The van der Waals surface area contributed by atoms with Crippen molar-refractivity contribution in [1.29, 1.82) is 0 Å². The van der Waals surface area contributed by atoms with Gasteiger partial charge in [0.25, 0.3) is 0 Å². The summed E-state index contributed by atoms with van der Waals surface area (Å²) in [5.74, 6) is -0.933. The van der Waals surface area contributed by atoms with Crippen molar-refractivity contribution in [3.63, 3.8) is 0 Å². The van der Waals surface area contributed by atoms with E-state index in [4.69, 9.17) is 34.8 Å². The second-order valence-electron chi connectivity index (χ2n) is 8.83. The number of nitrogens with one attached hydrogen (secondary N) is 1. The van der Waals surface area contributed by atoms with Crippen molar-refractivity contribution in [2.45, 2.75) is 25.6 Å². The fourth-order valence-electron chi connectivity index (χ4n) is 3.70. The fraction of sp³-hybridized carbons (Fsp3) is 0.259. The van der Waals surface area contributed by atoms with Crippen molar-refractivity contribution in [1.82, 2.24) is 14.5 Å². The van der Waals surface area contributed by atoms with E-state index in [0.29, 0.717) is 20.6 Å². The van der Waals surface area contributed by atoms with Gasteiger partial charge in [-0.05, 0) is 41.0 Å². The van der Waals surface area contributed by atoms with Crippen LogP contribution < -0.4 is 5.32 Å². The standard InChI is InChI=1S/C27H28Cl3N3O4S/c1-32(38(2,36)37)18-26(34)33(17-20-8-11-22(28)12-9-20)25(14-19-6-4-3-5-7-19)27(35)31-16-21-10-13-23(29)15-24(21)30/h3-13,15,25H,14,16-18H2,1-2H3,(H,31,35)/t25-/m1/s1. The van der Waals surface area contributed by atoms with E-state index in [0.717, 1.165) is 21.7 Å². The average Bonchev–Trinajstić information content (AvgIpc) is 2.86. The zero-order chi connectivity index (χ0) is 27.9. The van der Waals surface area contributed by atoms with Gasteiger partial charge in [0.1, 0.15) is 6.04 Å². The molecule has 0 spiro atoms. The van der Waals surface area contributed by atoms with E-state index in [1.165, 1.54) is 11.9 Å². The molecule has 3 rings (SSSR count). The predicted octanol–water partition coefficient (Wildman–Crippen LogP) is 4.79. The Morgan fingerprint density at radius 1 is 0.895 bits per heavy atom. The summed E-state index contributed by atoms with van der Waals surface area (Å²) in [7, 11) is -2.30. The molecule has 0 aliphatic rings. The normalized spacial score (nSPS) is 12.3. The highest BCUT2D eigenvalue weighted by atomic mass is 35.5. The van der Waals surface area contributed by atoms with Gasteiger partial charge in [0.2, 0.25) is 21.8 Å². The van der Waals surface area contributed by atoms with Crippen LogP contribution in [0.3, 0.4) is 0 Å². The van der Waals surface area contributed by atoms with Gasteiger partial charge in [-0.3, -0.25) is 9.59 Å². The molecule has 0 saturated carbocycles. The number of amides is 2. The van der Waals surface area contributed by atoms with Gasteiger partial charge in [0, 0.05) is 41.6 Å². The molecule has 0 heterocycles. The Hall–Kier alpha value is -2.62. The summed E-state index contributed by atoms with van der Waals surface area (Å²) in [6, 6.07) is 20.2. The maximum Gasteiger partial charge on any atom is 0.243 e. The minimum Gasteiger partial charge on any atom is -0.350 e. The minimum atomic E-state index is -3.63. The van der Waals surface area contributed by atoms with Crippen molar-refractivity contribution in [3.05, 3.63) is 105 Å². The first kappa shape index (κ1) is 29.9. The maximum absolute atomic E-state index is 13.6. The number of carbonyl (C=O) groups excluding carboxylic acids is 2. The van der Waals surface area contributed by atoms with Crippen LogP contribution in [0.4, 0.5) is 0 Å². The number of carbonyl (C=O) groups is 2. The molecule has 7 nitrogen and oxygen atoms in total. The molecular formula is C27H28Cl3N3O4S. The number of sulfonamides is 1. The van der Waals surface area contributed by atoms with Crippen molar-refractivity contribution >= 4 is 56.6 Å². The highest BCUT2D eigenvalue weighted by molar-refractivity contribution is 7.88. The maximum atomic E-state index is 13.6. The highest BCUT2D eigenvalue weighted by Gasteiger charge is 2.32. The van der Waals surface area contributed by atoms with Crippen LogP contribution in [0.2, 0.25) is 15.1 Å². The quantitative estimate of drug-likeness (QED) is 0.345. The molecule has 0 radical (unpaired) electrons. The summed E-state index contributed by atoms with van der Waals surface area (Å²) in [5, 5.41) is 4.29. The number of likely N-dealkylation sites (N-methyl/N-ethyl adjacent to an activating group) is 1. The lowest BCUT2D eigenvalue weighted by atomic mass is 10.0. The Kier molecular flexibility index (Phi) is 10.6. The van der Waals surface area contributed by atoms with Gasteiger partial charge in [-0.1, -0.05) is 83.3 Å². The largest absolute Gasteiger partial charge is 0.350 e. The van der Waals surface area contributed by atoms with Gasteiger partial charge in [-0.15, -0.1) is 0 Å². The van der Waals surface area contributed by atoms with Gasteiger partial charge in [0.05, 0.1) is 12.8 Å². The van der Waals surface area contributed by atoms with E-state index in [1.807, 2.05) is 30.3 Å². The lowest BCUT2D eigenvalue weighted by Crippen LogP contribution is -2.52. The monoisotopic (exact) mass is 595 g/mol. The molecule has 0 bridgehead atoms. The first-order valence-corrected chi connectivity index (χ1v) is 14.6. The Morgan fingerprint density at radius 2 is 1.53 bits per heavy atom. The summed E-state index contributed by atoms with van der Waals surface area (Å²) >= 11 is 18.3. The van der Waals surface area contributed by atoms with E-state index >= 15 is 0 Å². The first-order valence-electron chi connectivity index (χ1n) is 11.6. The Balaban J connectivity index is 1.95. The van der Waals surface area contributed by atoms with Gasteiger partial charge in [-0.2, -0.15) is 4.31 Å². The third-order valence-electron chi connectivity index (χ3n) is 5.93. The summed E-state index contributed by atoms with van der Waals surface area (Å²) < 4.78 is 25.0. The molecule has 3 aromatic rings. The SMILES string of the molecule is CN(CC(=O)N(Cc1ccc(Cl)cc1)[C@H](Cc1ccccc1)C(=O)NCc1ccc(Cl)cc1Cl)S(C)(=O)=O. The number of benzene rings is 3. The molecule has 0 saturated heterocycles. The Labute approximate surface area is 238 Å². The Bertz CT molecular complexity index is 1370. The van der Waals surface area contributed by atoms with E-state index in [9.17, 15) is 18.0 Å². The lowest BCUT2D eigenvalue weighted by molar-refractivity contribution is -0.141. The van der Waals surface area contributed by atoms with Crippen molar-refractivity contribution < 1.29 is 18.0 Å². The molecule has 0 fully saturated rings. The second-order valence-corrected chi connectivity index (χ2v) is 12.2. The molecule has 11 heteroatoms. The smallest absolute Gasteiger partial charge is 0.243 e. The van der Waals surface area contributed by atoms with E-state index in [2.05, 4.69) is 5.32 Å². The van der Waals surface area contributed by atoms with Crippen molar-refractivity contribution in [2.24, 2.45) is 0 Å². The number of hydrogen-bond donors (Lipinski definition) is 1. The predicted molar refractivity (Wildman–Crippen MR) is 152 cm³/mol. The third kappa shape index (κ3) is 8.71. The number of hydrogen-bond acceptors (Lipinski definition) is 4. The molecule has 0 aliphatic heterocycles. The number of rotatable bonds is 11. The minimum absolute atomic E-state index is 0.0697. The molecule has 0 aromatic heterocycles. The summed E-state index contributed by atoms with van der Waals surface area (Å²) in [6.45, 7) is -0.236. The van der Waals surface area contributed by atoms with Crippen LogP contribution in [0.15, 0.2) is 72.8 Å². The van der Waals surface area contributed by atoms with Crippen LogP contribution >= 0.6 is 34.8 Å². The van der Waals surface area contributed by atoms with Gasteiger partial charge >= 0.3 is 0 Å². The highest BCUT2D eigenvalue weighted by Crippen LogP contribution is 2.22. The van der Waals surface area contributed by atoms with E-state index in [1.54, 1.807) is 42.5 Å². The van der Waals surface area contributed by atoms with Crippen molar-refractivity contribution in [3.8, 4) is 0 Å². The van der Waals surface area contributed by atoms with Crippen LogP contribution in [0.1, 0.15) is 16.7 Å². The average molecular weight is 597 g/mol. The van der Waals surface area contributed by atoms with Crippen LogP contribution in [0, 0.1) is 0 Å². The van der Waals surface area contributed by atoms with Crippen LogP contribution in [0.25, 0.3) is 0 Å². The molecule has 202 valence electrons. The number of nitrogens with zero attached hydrogens (tertiary/aromatic N) is 2. The first-order chi connectivity index (χ1) is 17.9. The van der Waals surface area contributed by atoms with Crippen LogP contribution in [0.5, 0.6) is 0 Å². The lowest BCUT2D eigenvalue weighted by Gasteiger charge is -2.32. The summed E-state index contributed by atoms with van der Waals surface area (Å²) in [6.07, 6.45) is 1.23. The van der Waals surface area contributed by atoms with Gasteiger partial charge in [-0.25, -0.2) is 8.42 Å². The van der Waals surface area contributed by atoms with E-state index in [-0.39, 0.29) is 19.5 Å². The molecule has 2 amide bonds. The van der Waals surface area contributed by atoms with Crippen LogP contribution in [-0.2, 0) is 39.1 Å². The molecule has 3 aromatic carbocycles. The summed E-state index contributed by atoms with van der Waals surface area (Å²) in [4.78, 5) is 28.6. The zero-order valence-electron chi connectivity index (χ0n) is 20.9. The molecule has 1 N–H and O–H groups in total. The van der Waals surface area contributed by atoms with Crippen molar-refractivity contribution in [2.75, 3.05) is 19.8 Å². The van der Waals surface area contributed by atoms with Gasteiger partial charge < -0.3 is 10.2 Å². The Morgan fingerprint density at radius 3 is 2.13 bits per heavy atom. The van der Waals surface area contributed by atoms with Crippen LogP contribution in [-0.4, -0.2) is 55.3 Å². The molecule has 0 unspecified atom stereocenters. The molecular weight excluding hydrogens is 569 g/mol. The topological polar surface area (TPSA) is 86.8 Å². The molecule has 38 heavy (non-hydrogen) atoms. The third-order valence-corrected chi connectivity index (χ3v) is 8.03. The molecule has 0 aliphatic carbocycles. The van der Waals surface area contributed by atoms with E-state index < -0.39 is 34.4 Å². The zero-order valence-corrected chi connectivity index (χ0v) is 24.0. The number of halogens is 3. The van der Waals surface area contributed by atoms with Gasteiger partial charge in [0.15, 0.2) is 0 Å². The second kappa shape index (κ2) is 13.4.